The highest BCUT2D eigenvalue weighted by atomic mass is 79.9. The molecule has 0 radical (unpaired) electrons. The summed E-state index contributed by atoms with van der Waals surface area (Å²) in [6.45, 7) is 2.00. The van der Waals surface area contributed by atoms with Crippen LogP contribution in [0.4, 0.5) is 0 Å². The number of hydrogen-bond acceptors (Lipinski definition) is 1. The fraction of sp³-hybridized carbons (Fsp3) is 0.188. The Labute approximate surface area is 130 Å². The molecule has 1 nitrogen and oxygen atoms in total. The van der Waals surface area contributed by atoms with Gasteiger partial charge in [-0.1, -0.05) is 80.4 Å². The van der Waals surface area contributed by atoms with Crippen molar-refractivity contribution in [2.75, 3.05) is 5.33 Å². The summed E-state index contributed by atoms with van der Waals surface area (Å²) in [7, 11) is 0. The summed E-state index contributed by atoms with van der Waals surface area (Å²) < 4.78 is 0. The van der Waals surface area contributed by atoms with Gasteiger partial charge in [-0.15, -0.1) is 0 Å². The van der Waals surface area contributed by atoms with E-state index in [1.54, 1.807) is 0 Å². The Bertz CT molecular complexity index is 579. The molecule has 0 fully saturated rings. The van der Waals surface area contributed by atoms with E-state index in [1.165, 1.54) is 0 Å². The molecule has 19 heavy (non-hydrogen) atoms. The third kappa shape index (κ3) is 3.15. The number of hydrogen-bond donors (Lipinski definition) is 0. The van der Waals surface area contributed by atoms with Crippen LogP contribution in [-0.4, -0.2) is 15.9 Å². The lowest BCUT2D eigenvalue weighted by molar-refractivity contribution is 0.0997. The second kappa shape index (κ2) is 6.49. The van der Waals surface area contributed by atoms with E-state index in [0.29, 0.717) is 5.33 Å². The van der Waals surface area contributed by atoms with Gasteiger partial charge in [-0.2, -0.15) is 0 Å². The average molecular weight is 382 g/mol. The predicted molar refractivity (Wildman–Crippen MR) is 87.5 cm³/mol. The summed E-state index contributed by atoms with van der Waals surface area (Å²) in [5, 5.41) is 0.612. The minimum Gasteiger partial charge on any atom is -0.293 e. The van der Waals surface area contributed by atoms with Crippen molar-refractivity contribution in [2.45, 2.75) is 11.8 Å². The van der Waals surface area contributed by atoms with Gasteiger partial charge in [0.05, 0.1) is 4.83 Å². The first kappa shape index (κ1) is 14.5. The van der Waals surface area contributed by atoms with E-state index < -0.39 is 0 Å². The van der Waals surface area contributed by atoms with E-state index in [9.17, 15) is 4.79 Å². The normalized spacial score (nSPS) is 12.2. The Kier molecular flexibility index (Phi) is 4.94. The van der Waals surface area contributed by atoms with Crippen LogP contribution in [0, 0.1) is 6.92 Å². The van der Waals surface area contributed by atoms with Crippen molar-refractivity contribution in [3.05, 3.63) is 59.7 Å². The molecule has 2 aromatic carbocycles. The predicted octanol–water partition coefficient (Wildman–Crippen LogP) is 5.00. The van der Waals surface area contributed by atoms with Crippen molar-refractivity contribution in [3.63, 3.8) is 0 Å². The average Bonchev–Trinajstić information content (AvgIpc) is 2.47. The lowest BCUT2D eigenvalue weighted by atomic mass is 9.94. The molecule has 98 valence electrons. The number of carbonyl (C=O) groups is 1. The van der Waals surface area contributed by atoms with Gasteiger partial charge in [0.1, 0.15) is 0 Å². The number of benzene rings is 2. The third-order valence-corrected chi connectivity index (χ3v) is 5.36. The molecular weight excluding hydrogens is 368 g/mol. The summed E-state index contributed by atoms with van der Waals surface area (Å²) in [5.74, 6) is 0.118. The zero-order valence-electron chi connectivity index (χ0n) is 10.6. The van der Waals surface area contributed by atoms with Gasteiger partial charge < -0.3 is 0 Å². The van der Waals surface area contributed by atoms with E-state index in [4.69, 9.17) is 0 Å². The molecule has 3 heteroatoms. The molecule has 1 atom stereocenters. The molecule has 0 spiro atoms. The van der Waals surface area contributed by atoms with Gasteiger partial charge in [-0.05, 0) is 23.6 Å². The number of carbonyl (C=O) groups excluding carboxylic acids is 1. The van der Waals surface area contributed by atoms with Gasteiger partial charge >= 0.3 is 0 Å². The molecule has 2 aromatic rings. The quantitative estimate of drug-likeness (QED) is 0.537. The first-order valence-corrected chi connectivity index (χ1v) is 8.08. The Morgan fingerprint density at radius 2 is 1.79 bits per heavy atom. The molecule has 2 rings (SSSR count). The molecule has 0 aliphatic carbocycles. The zero-order chi connectivity index (χ0) is 13.8. The van der Waals surface area contributed by atoms with Crippen molar-refractivity contribution in [1.82, 2.24) is 0 Å². The second-order valence-electron chi connectivity index (χ2n) is 4.33. The summed E-state index contributed by atoms with van der Waals surface area (Å²) in [6, 6.07) is 16.0. The SMILES string of the molecule is Cc1c(C(=O)C(Br)CBr)cccc1-c1ccccc1. The van der Waals surface area contributed by atoms with Crippen LogP contribution < -0.4 is 0 Å². The van der Waals surface area contributed by atoms with E-state index in [-0.39, 0.29) is 10.6 Å². The summed E-state index contributed by atoms with van der Waals surface area (Å²) in [5.41, 5.74) is 4.06. The maximum absolute atomic E-state index is 12.3. The number of rotatable bonds is 4. The molecule has 0 saturated carbocycles. The minimum absolute atomic E-state index is 0.118. The van der Waals surface area contributed by atoms with E-state index >= 15 is 0 Å². The molecule has 0 heterocycles. The Morgan fingerprint density at radius 1 is 1.11 bits per heavy atom. The van der Waals surface area contributed by atoms with Crippen LogP contribution in [0.15, 0.2) is 48.5 Å². The van der Waals surface area contributed by atoms with Gasteiger partial charge in [-0.25, -0.2) is 0 Å². The standard InChI is InChI=1S/C16H14Br2O/c1-11-13(12-6-3-2-4-7-12)8-5-9-14(11)16(19)15(18)10-17/h2-9,15H,10H2,1H3. The Hall–Kier alpha value is -0.930. The number of alkyl halides is 2. The molecule has 0 bridgehead atoms. The van der Waals surface area contributed by atoms with Crippen LogP contribution in [-0.2, 0) is 0 Å². The molecule has 1 unspecified atom stereocenters. The summed E-state index contributed by atoms with van der Waals surface area (Å²) in [6.07, 6.45) is 0. The Balaban J connectivity index is 2.47. The molecule has 0 aliphatic rings. The number of Topliss-reactive ketones (excluding diaryl/α,β-unsaturated/α-hetero) is 1. The third-order valence-electron chi connectivity index (χ3n) is 3.10. The van der Waals surface area contributed by atoms with E-state index in [1.807, 2.05) is 37.3 Å². The Morgan fingerprint density at radius 3 is 2.42 bits per heavy atom. The first-order chi connectivity index (χ1) is 9.15. The molecule has 0 amide bonds. The highest BCUT2D eigenvalue weighted by Gasteiger charge is 2.18. The van der Waals surface area contributed by atoms with E-state index in [2.05, 4.69) is 50.1 Å². The van der Waals surface area contributed by atoms with Crippen LogP contribution in [0.2, 0.25) is 0 Å². The van der Waals surface area contributed by atoms with Gasteiger partial charge in [0.25, 0.3) is 0 Å². The van der Waals surface area contributed by atoms with Crippen LogP contribution in [0.25, 0.3) is 11.1 Å². The molecule has 0 aromatic heterocycles. The minimum atomic E-state index is -0.183. The fourth-order valence-corrected chi connectivity index (χ4v) is 2.61. The van der Waals surface area contributed by atoms with Crippen LogP contribution >= 0.6 is 31.9 Å². The molecule has 0 saturated heterocycles. The van der Waals surface area contributed by atoms with Crippen molar-refractivity contribution < 1.29 is 4.79 Å². The number of halogens is 2. The van der Waals surface area contributed by atoms with Gasteiger partial charge in [0.15, 0.2) is 5.78 Å². The smallest absolute Gasteiger partial charge is 0.177 e. The van der Waals surface area contributed by atoms with Gasteiger partial charge in [0.2, 0.25) is 0 Å². The summed E-state index contributed by atoms with van der Waals surface area (Å²) >= 11 is 6.73. The van der Waals surface area contributed by atoms with Crippen LogP contribution in [0.3, 0.4) is 0 Å². The van der Waals surface area contributed by atoms with Crippen LogP contribution in [0.5, 0.6) is 0 Å². The van der Waals surface area contributed by atoms with Gasteiger partial charge in [0, 0.05) is 10.9 Å². The lowest BCUT2D eigenvalue weighted by Gasteiger charge is -2.12. The highest BCUT2D eigenvalue weighted by molar-refractivity contribution is 9.12. The zero-order valence-corrected chi connectivity index (χ0v) is 13.7. The van der Waals surface area contributed by atoms with Gasteiger partial charge in [-0.3, -0.25) is 4.79 Å². The van der Waals surface area contributed by atoms with Crippen molar-refractivity contribution in [1.29, 1.82) is 0 Å². The molecule has 0 aliphatic heterocycles. The lowest BCUT2D eigenvalue weighted by Crippen LogP contribution is -2.16. The topological polar surface area (TPSA) is 17.1 Å². The first-order valence-electron chi connectivity index (χ1n) is 6.04. The maximum Gasteiger partial charge on any atom is 0.177 e. The van der Waals surface area contributed by atoms with Crippen molar-refractivity contribution in [2.24, 2.45) is 0 Å². The molecular formula is C16H14Br2O. The number of ketones is 1. The fourth-order valence-electron chi connectivity index (χ4n) is 2.07. The maximum atomic E-state index is 12.3. The second-order valence-corrected chi connectivity index (χ2v) is 6.08. The van der Waals surface area contributed by atoms with E-state index in [0.717, 1.165) is 22.3 Å². The van der Waals surface area contributed by atoms with Crippen LogP contribution in [0.1, 0.15) is 15.9 Å². The summed E-state index contributed by atoms with van der Waals surface area (Å²) in [4.78, 5) is 12.1. The highest BCUT2D eigenvalue weighted by Crippen LogP contribution is 2.27. The van der Waals surface area contributed by atoms with Crippen molar-refractivity contribution in [3.8, 4) is 11.1 Å². The monoisotopic (exact) mass is 380 g/mol. The largest absolute Gasteiger partial charge is 0.293 e. The molecule has 0 N–H and O–H groups in total. The van der Waals surface area contributed by atoms with Crippen molar-refractivity contribution >= 4 is 37.6 Å².